The van der Waals surface area contributed by atoms with Crippen molar-refractivity contribution in [2.24, 2.45) is 0 Å². The molecule has 1 atom stereocenters. The summed E-state index contributed by atoms with van der Waals surface area (Å²) in [5, 5.41) is 11.6. The topological polar surface area (TPSA) is 80.6 Å². The standard InChI is InChI=1S/C23H24N2O4/c1-16-11-12-25(17(2)18-7-4-3-5-8-18)23(28)21(16)22(27)24-19-9-6-10-20(15-19)29-14-13-26/h3-12,15,17,26H,13-14H2,1-2H3,(H,24,27). The van der Waals surface area contributed by atoms with Crippen molar-refractivity contribution in [2.75, 3.05) is 18.5 Å². The summed E-state index contributed by atoms with van der Waals surface area (Å²) < 4.78 is 6.93. The maximum absolute atomic E-state index is 13.1. The van der Waals surface area contributed by atoms with Crippen molar-refractivity contribution in [2.45, 2.75) is 19.9 Å². The summed E-state index contributed by atoms with van der Waals surface area (Å²) in [4.78, 5) is 26.0. The van der Waals surface area contributed by atoms with Gasteiger partial charge in [0.15, 0.2) is 0 Å². The second-order valence-electron chi connectivity index (χ2n) is 6.73. The molecule has 0 spiro atoms. The summed E-state index contributed by atoms with van der Waals surface area (Å²) in [5.41, 5.74) is 1.87. The molecule has 2 N–H and O–H groups in total. The highest BCUT2D eigenvalue weighted by Gasteiger charge is 2.19. The number of nitrogens with zero attached hydrogens (tertiary/aromatic N) is 1. The fraction of sp³-hybridized carbons (Fsp3) is 0.217. The summed E-state index contributed by atoms with van der Waals surface area (Å²) >= 11 is 0. The monoisotopic (exact) mass is 392 g/mol. The maximum Gasteiger partial charge on any atom is 0.264 e. The number of hydrogen-bond acceptors (Lipinski definition) is 4. The maximum atomic E-state index is 13.1. The van der Waals surface area contributed by atoms with Crippen molar-refractivity contribution < 1.29 is 14.6 Å². The van der Waals surface area contributed by atoms with E-state index in [1.165, 1.54) is 0 Å². The van der Waals surface area contributed by atoms with Gasteiger partial charge in [0, 0.05) is 18.0 Å². The molecule has 0 saturated heterocycles. The Morgan fingerprint density at radius 3 is 2.62 bits per heavy atom. The van der Waals surface area contributed by atoms with Crippen molar-refractivity contribution >= 4 is 11.6 Å². The summed E-state index contributed by atoms with van der Waals surface area (Å²) in [5.74, 6) is 0.0539. The summed E-state index contributed by atoms with van der Waals surface area (Å²) in [6.45, 7) is 3.74. The molecule has 0 aliphatic carbocycles. The van der Waals surface area contributed by atoms with Gasteiger partial charge in [0.2, 0.25) is 0 Å². The van der Waals surface area contributed by atoms with E-state index in [9.17, 15) is 9.59 Å². The highest BCUT2D eigenvalue weighted by atomic mass is 16.5. The normalized spacial score (nSPS) is 11.7. The van der Waals surface area contributed by atoms with Gasteiger partial charge in [-0.3, -0.25) is 9.59 Å². The molecule has 0 saturated carbocycles. The number of carbonyl (C=O) groups is 1. The van der Waals surface area contributed by atoms with Gasteiger partial charge in [-0.05, 0) is 43.2 Å². The van der Waals surface area contributed by atoms with Crippen LogP contribution < -0.4 is 15.6 Å². The Labute approximate surface area is 169 Å². The predicted octanol–water partition coefficient (Wildman–Crippen LogP) is 3.39. The molecule has 150 valence electrons. The number of aryl methyl sites for hydroxylation is 1. The number of ether oxygens (including phenoxy) is 1. The third-order valence-electron chi connectivity index (χ3n) is 4.71. The van der Waals surface area contributed by atoms with Crippen LogP contribution in [0.2, 0.25) is 0 Å². The molecule has 1 unspecified atom stereocenters. The summed E-state index contributed by atoms with van der Waals surface area (Å²) in [7, 11) is 0. The number of aromatic nitrogens is 1. The Balaban J connectivity index is 1.89. The molecule has 1 amide bonds. The number of rotatable bonds is 7. The smallest absolute Gasteiger partial charge is 0.264 e. The van der Waals surface area contributed by atoms with Gasteiger partial charge in [-0.25, -0.2) is 0 Å². The molecule has 1 aromatic heterocycles. The lowest BCUT2D eigenvalue weighted by atomic mass is 10.1. The number of pyridine rings is 1. The van der Waals surface area contributed by atoms with Crippen LogP contribution in [0.15, 0.2) is 71.7 Å². The van der Waals surface area contributed by atoms with E-state index in [2.05, 4.69) is 5.32 Å². The number of amides is 1. The van der Waals surface area contributed by atoms with E-state index in [1.54, 1.807) is 48.0 Å². The van der Waals surface area contributed by atoms with E-state index in [-0.39, 0.29) is 30.4 Å². The highest BCUT2D eigenvalue weighted by Crippen LogP contribution is 2.19. The lowest BCUT2D eigenvalue weighted by Crippen LogP contribution is -2.32. The van der Waals surface area contributed by atoms with Crippen molar-refractivity contribution in [3.05, 3.63) is 93.9 Å². The van der Waals surface area contributed by atoms with Crippen LogP contribution in [-0.4, -0.2) is 28.8 Å². The number of aliphatic hydroxyl groups is 1. The second-order valence-corrected chi connectivity index (χ2v) is 6.73. The largest absolute Gasteiger partial charge is 0.491 e. The number of hydrogen-bond donors (Lipinski definition) is 2. The Bertz CT molecular complexity index is 1040. The first-order valence-electron chi connectivity index (χ1n) is 9.43. The zero-order chi connectivity index (χ0) is 20.8. The summed E-state index contributed by atoms with van der Waals surface area (Å²) in [6.07, 6.45) is 1.72. The van der Waals surface area contributed by atoms with Crippen LogP contribution in [0, 0.1) is 6.92 Å². The van der Waals surface area contributed by atoms with E-state index in [1.807, 2.05) is 37.3 Å². The van der Waals surface area contributed by atoms with Gasteiger partial charge in [0.25, 0.3) is 11.5 Å². The van der Waals surface area contributed by atoms with E-state index in [0.717, 1.165) is 5.56 Å². The molecule has 0 aliphatic rings. The van der Waals surface area contributed by atoms with Gasteiger partial charge >= 0.3 is 0 Å². The molecule has 29 heavy (non-hydrogen) atoms. The average molecular weight is 392 g/mol. The number of nitrogens with one attached hydrogen (secondary N) is 1. The van der Waals surface area contributed by atoms with Gasteiger partial charge in [0.1, 0.15) is 17.9 Å². The zero-order valence-corrected chi connectivity index (χ0v) is 16.5. The lowest BCUT2D eigenvalue weighted by molar-refractivity contribution is 0.102. The predicted molar refractivity (Wildman–Crippen MR) is 113 cm³/mol. The molecule has 1 heterocycles. The van der Waals surface area contributed by atoms with Crippen molar-refractivity contribution in [1.82, 2.24) is 4.57 Å². The zero-order valence-electron chi connectivity index (χ0n) is 16.5. The minimum atomic E-state index is -0.471. The van der Waals surface area contributed by atoms with Crippen LogP contribution in [0.5, 0.6) is 5.75 Å². The molecule has 6 heteroatoms. The minimum Gasteiger partial charge on any atom is -0.491 e. The first-order valence-corrected chi connectivity index (χ1v) is 9.43. The Morgan fingerprint density at radius 2 is 1.90 bits per heavy atom. The van der Waals surface area contributed by atoms with Crippen molar-refractivity contribution in [3.8, 4) is 5.75 Å². The first kappa shape index (κ1) is 20.4. The van der Waals surface area contributed by atoms with Gasteiger partial charge in [-0.1, -0.05) is 36.4 Å². The molecular weight excluding hydrogens is 368 g/mol. The average Bonchev–Trinajstić information content (AvgIpc) is 2.73. The minimum absolute atomic E-state index is 0.0983. The fourth-order valence-corrected chi connectivity index (χ4v) is 3.13. The Hall–Kier alpha value is -3.38. The number of anilines is 1. The van der Waals surface area contributed by atoms with Crippen LogP contribution in [0.25, 0.3) is 0 Å². The van der Waals surface area contributed by atoms with Crippen molar-refractivity contribution in [3.63, 3.8) is 0 Å². The van der Waals surface area contributed by atoms with Crippen LogP contribution >= 0.6 is 0 Å². The Morgan fingerprint density at radius 1 is 1.14 bits per heavy atom. The molecule has 0 bridgehead atoms. The number of aliphatic hydroxyl groups excluding tert-OH is 1. The van der Waals surface area contributed by atoms with E-state index in [4.69, 9.17) is 9.84 Å². The first-order chi connectivity index (χ1) is 14.0. The van der Waals surface area contributed by atoms with Crippen LogP contribution in [0.3, 0.4) is 0 Å². The van der Waals surface area contributed by atoms with Gasteiger partial charge < -0.3 is 19.7 Å². The molecule has 0 fully saturated rings. The lowest BCUT2D eigenvalue weighted by Gasteiger charge is -2.18. The van der Waals surface area contributed by atoms with E-state index < -0.39 is 5.91 Å². The second kappa shape index (κ2) is 9.21. The Kier molecular flexibility index (Phi) is 6.46. The fourth-order valence-electron chi connectivity index (χ4n) is 3.13. The van der Waals surface area contributed by atoms with Gasteiger partial charge in [-0.15, -0.1) is 0 Å². The quantitative estimate of drug-likeness (QED) is 0.646. The molecular formula is C23H24N2O4. The number of benzene rings is 2. The molecule has 2 aromatic carbocycles. The molecule has 3 aromatic rings. The molecule has 3 rings (SSSR count). The van der Waals surface area contributed by atoms with E-state index in [0.29, 0.717) is 17.0 Å². The molecule has 0 aliphatic heterocycles. The van der Waals surface area contributed by atoms with Crippen LogP contribution in [0.1, 0.15) is 34.5 Å². The number of carbonyl (C=O) groups excluding carboxylic acids is 1. The summed E-state index contributed by atoms with van der Waals surface area (Å²) in [6, 6.07) is 18.1. The van der Waals surface area contributed by atoms with Crippen LogP contribution in [0.4, 0.5) is 5.69 Å². The molecule has 0 radical (unpaired) electrons. The third-order valence-corrected chi connectivity index (χ3v) is 4.71. The molecule has 6 nitrogen and oxygen atoms in total. The van der Waals surface area contributed by atoms with Gasteiger partial charge in [0.05, 0.1) is 12.6 Å². The van der Waals surface area contributed by atoms with E-state index >= 15 is 0 Å². The third kappa shape index (κ3) is 4.73. The van der Waals surface area contributed by atoms with Crippen molar-refractivity contribution in [1.29, 1.82) is 0 Å². The highest BCUT2D eigenvalue weighted by molar-refractivity contribution is 6.05. The van der Waals surface area contributed by atoms with Crippen LogP contribution in [-0.2, 0) is 0 Å². The van der Waals surface area contributed by atoms with Gasteiger partial charge in [-0.2, -0.15) is 0 Å². The SMILES string of the molecule is Cc1ccn(C(C)c2ccccc2)c(=O)c1C(=O)Nc1cccc(OCCO)c1.